The van der Waals surface area contributed by atoms with Crippen molar-refractivity contribution < 1.29 is 0 Å². The maximum atomic E-state index is 3.84. The molecule has 1 heteroatoms. The normalized spacial score (nSPS) is 20.8. The molecule has 0 heterocycles. The third-order valence-corrected chi connectivity index (χ3v) is 5.03. The van der Waals surface area contributed by atoms with Gasteiger partial charge in [0.1, 0.15) is 0 Å². The van der Waals surface area contributed by atoms with Gasteiger partial charge in [0.05, 0.1) is 0 Å². The molecule has 0 radical (unpaired) electrons. The average molecular weight is 280 g/mol. The summed E-state index contributed by atoms with van der Waals surface area (Å²) < 4.78 is 0. The van der Waals surface area contributed by atoms with E-state index in [4.69, 9.17) is 0 Å². The Labute approximate surface area is 127 Å². The van der Waals surface area contributed by atoms with E-state index in [9.17, 15) is 0 Å². The maximum absolute atomic E-state index is 3.84. The van der Waals surface area contributed by atoms with E-state index in [-0.39, 0.29) is 0 Å². The monoisotopic (exact) mass is 279 g/mol. The summed E-state index contributed by atoms with van der Waals surface area (Å²) >= 11 is 0. The number of hydrogen-bond donors (Lipinski definition) is 1. The van der Waals surface area contributed by atoms with Crippen LogP contribution < -0.4 is 5.32 Å². The first-order valence-corrected chi connectivity index (χ1v) is 8.93. The van der Waals surface area contributed by atoms with Crippen molar-refractivity contribution in [1.29, 1.82) is 0 Å². The van der Waals surface area contributed by atoms with Crippen LogP contribution in [0.3, 0.4) is 0 Å². The summed E-state index contributed by atoms with van der Waals surface area (Å²) in [6.45, 7) is 12.2. The maximum Gasteiger partial charge on any atom is 0.00953 e. The van der Waals surface area contributed by atoms with Crippen molar-refractivity contribution in [3.8, 4) is 0 Å². The van der Waals surface area contributed by atoms with Crippen LogP contribution in [-0.2, 0) is 0 Å². The number of unbranched alkanes of at least 4 members (excludes halogenated alkanes) is 3. The van der Waals surface area contributed by atoms with Crippen molar-refractivity contribution in [1.82, 2.24) is 5.32 Å². The van der Waals surface area contributed by atoms with E-state index in [1.165, 1.54) is 70.8 Å². The minimum absolute atomic E-state index is 0.593. The van der Waals surface area contributed by atoms with E-state index < -0.39 is 0 Å². The van der Waals surface area contributed by atoms with Gasteiger partial charge in [0.25, 0.3) is 0 Å². The zero-order valence-corrected chi connectivity index (χ0v) is 14.2. The molecule has 1 rings (SSSR count). The summed E-state index contributed by atoms with van der Waals surface area (Å²) in [7, 11) is 0. The third-order valence-electron chi connectivity index (χ3n) is 5.03. The Kier molecular flexibility index (Phi) is 8.52. The van der Waals surface area contributed by atoms with Crippen LogP contribution in [0.5, 0.6) is 0 Å². The van der Waals surface area contributed by atoms with E-state index in [2.05, 4.69) is 38.7 Å². The molecule has 0 bridgehead atoms. The molecule has 1 aliphatic rings. The summed E-state index contributed by atoms with van der Waals surface area (Å²) in [4.78, 5) is 0. The second kappa shape index (κ2) is 9.60. The molecule has 1 unspecified atom stereocenters. The quantitative estimate of drug-likeness (QED) is 0.399. The van der Waals surface area contributed by atoms with Crippen LogP contribution in [0.15, 0.2) is 12.7 Å². The van der Waals surface area contributed by atoms with Gasteiger partial charge < -0.3 is 5.32 Å². The Morgan fingerprint density at radius 3 is 2.50 bits per heavy atom. The zero-order valence-electron chi connectivity index (χ0n) is 14.2. The first kappa shape index (κ1) is 17.8. The van der Waals surface area contributed by atoms with Crippen molar-refractivity contribution in [2.45, 2.75) is 91.0 Å². The molecule has 1 saturated carbocycles. The smallest absolute Gasteiger partial charge is 0.00953 e. The summed E-state index contributed by atoms with van der Waals surface area (Å²) in [6, 6.07) is 0.773. The highest BCUT2D eigenvalue weighted by Gasteiger charge is 2.30. The molecule has 0 aromatic heterocycles. The molecule has 1 fully saturated rings. The van der Waals surface area contributed by atoms with Gasteiger partial charge in [-0.2, -0.15) is 0 Å². The van der Waals surface area contributed by atoms with E-state index >= 15 is 0 Å². The minimum atomic E-state index is 0.593. The van der Waals surface area contributed by atoms with Crippen molar-refractivity contribution >= 4 is 0 Å². The average Bonchev–Trinajstić information content (AvgIpc) is 2.42. The first-order chi connectivity index (χ1) is 9.59. The van der Waals surface area contributed by atoms with Crippen molar-refractivity contribution in [2.75, 3.05) is 6.54 Å². The van der Waals surface area contributed by atoms with Crippen LogP contribution >= 0.6 is 0 Å². The van der Waals surface area contributed by atoms with Gasteiger partial charge in [-0.1, -0.05) is 39.7 Å². The highest BCUT2D eigenvalue weighted by Crippen LogP contribution is 2.39. The Bertz CT molecular complexity index is 246. The van der Waals surface area contributed by atoms with E-state index in [1.807, 2.05) is 0 Å². The molecule has 1 atom stereocenters. The summed E-state index contributed by atoms with van der Waals surface area (Å²) in [6.07, 6.45) is 15.6. The molecule has 1 aliphatic carbocycles. The largest absolute Gasteiger partial charge is 0.314 e. The fraction of sp³-hybridized carbons (Fsp3) is 0.895. The van der Waals surface area contributed by atoms with Crippen molar-refractivity contribution in [3.05, 3.63) is 12.7 Å². The molecule has 1 N–H and O–H groups in total. The third kappa shape index (κ3) is 6.92. The van der Waals surface area contributed by atoms with Crippen LogP contribution in [-0.4, -0.2) is 12.6 Å². The lowest BCUT2D eigenvalue weighted by Gasteiger charge is -2.38. The molecule has 0 saturated heterocycles. The Morgan fingerprint density at radius 2 is 1.90 bits per heavy atom. The predicted molar refractivity (Wildman–Crippen MR) is 91.1 cm³/mol. The van der Waals surface area contributed by atoms with Gasteiger partial charge >= 0.3 is 0 Å². The summed E-state index contributed by atoms with van der Waals surface area (Å²) in [5, 5.41) is 3.84. The Morgan fingerprint density at radius 1 is 1.20 bits per heavy atom. The van der Waals surface area contributed by atoms with Crippen LogP contribution in [0.2, 0.25) is 0 Å². The van der Waals surface area contributed by atoms with E-state index in [0.29, 0.717) is 5.41 Å². The molecule has 1 nitrogen and oxygen atoms in total. The Hall–Kier alpha value is -0.300. The SMILES string of the molecule is C=CCCCCCC(NCCC)C1CCC(C)(C)CC1. The standard InChI is InChI=1S/C19H37N/c1-5-7-8-9-10-11-18(20-16-6-2)17-12-14-19(3,4)15-13-17/h5,17-18,20H,1,6-16H2,2-4H3. The van der Waals surface area contributed by atoms with Crippen LogP contribution in [0.1, 0.15) is 85.0 Å². The van der Waals surface area contributed by atoms with E-state index in [1.54, 1.807) is 0 Å². The van der Waals surface area contributed by atoms with Gasteiger partial charge in [0, 0.05) is 6.04 Å². The fourth-order valence-corrected chi connectivity index (χ4v) is 3.49. The number of nitrogens with one attached hydrogen (secondary N) is 1. The molecule has 0 aromatic carbocycles. The summed E-state index contributed by atoms with van der Waals surface area (Å²) in [5.41, 5.74) is 0.593. The highest BCUT2D eigenvalue weighted by molar-refractivity contribution is 4.85. The molecule has 118 valence electrons. The highest BCUT2D eigenvalue weighted by atomic mass is 14.9. The topological polar surface area (TPSA) is 12.0 Å². The molecular weight excluding hydrogens is 242 g/mol. The molecule has 0 spiro atoms. The fourth-order valence-electron chi connectivity index (χ4n) is 3.49. The van der Waals surface area contributed by atoms with Gasteiger partial charge in [-0.15, -0.1) is 6.58 Å². The number of allylic oxidation sites excluding steroid dienone is 1. The molecule has 0 aliphatic heterocycles. The molecule has 20 heavy (non-hydrogen) atoms. The number of hydrogen-bond acceptors (Lipinski definition) is 1. The van der Waals surface area contributed by atoms with E-state index in [0.717, 1.165) is 12.0 Å². The van der Waals surface area contributed by atoms with Gasteiger partial charge in [-0.25, -0.2) is 0 Å². The van der Waals surface area contributed by atoms with Crippen LogP contribution in [0.4, 0.5) is 0 Å². The summed E-state index contributed by atoms with van der Waals surface area (Å²) in [5.74, 6) is 0.925. The van der Waals surface area contributed by atoms with Crippen LogP contribution in [0.25, 0.3) is 0 Å². The predicted octanol–water partition coefficient (Wildman–Crippen LogP) is 5.71. The Balaban J connectivity index is 2.33. The lowest BCUT2D eigenvalue weighted by molar-refractivity contribution is 0.156. The van der Waals surface area contributed by atoms with Gasteiger partial charge in [0.15, 0.2) is 0 Å². The van der Waals surface area contributed by atoms with Gasteiger partial charge in [-0.3, -0.25) is 0 Å². The lowest BCUT2D eigenvalue weighted by Crippen LogP contribution is -2.39. The van der Waals surface area contributed by atoms with Gasteiger partial charge in [-0.05, 0) is 69.2 Å². The second-order valence-corrected chi connectivity index (χ2v) is 7.49. The van der Waals surface area contributed by atoms with Crippen molar-refractivity contribution in [3.63, 3.8) is 0 Å². The van der Waals surface area contributed by atoms with Crippen molar-refractivity contribution in [2.24, 2.45) is 11.3 Å². The minimum Gasteiger partial charge on any atom is -0.314 e. The lowest BCUT2D eigenvalue weighted by atomic mass is 9.70. The van der Waals surface area contributed by atoms with Gasteiger partial charge in [0.2, 0.25) is 0 Å². The zero-order chi connectivity index (χ0) is 14.8. The second-order valence-electron chi connectivity index (χ2n) is 7.49. The molecule has 0 aromatic rings. The molecular formula is C19H37N. The first-order valence-electron chi connectivity index (χ1n) is 8.93. The molecule has 0 amide bonds. The van der Waals surface area contributed by atoms with Crippen LogP contribution in [0, 0.1) is 11.3 Å². The number of rotatable bonds is 10.